The van der Waals surface area contributed by atoms with Crippen molar-refractivity contribution < 1.29 is 9.59 Å². The Morgan fingerprint density at radius 3 is 2.23 bits per heavy atom. The standard InChI is InChI=1S/C25H21ClN2O2/c1-2-28(16-17-10-5-3-6-11-17)25(30)24(29)21-19-14-9-15-20(26)23(19)27-22(21)18-12-7-4-8-13-18/h3-15,27H,2,16H2,1H3. The van der Waals surface area contributed by atoms with E-state index in [9.17, 15) is 9.59 Å². The van der Waals surface area contributed by atoms with Gasteiger partial charge in [0.25, 0.3) is 11.7 Å². The van der Waals surface area contributed by atoms with Gasteiger partial charge in [-0.3, -0.25) is 9.59 Å². The number of nitrogens with one attached hydrogen (secondary N) is 1. The van der Waals surface area contributed by atoms with Crippen LogP contribution in [0.15, 0.2) is 78.9 Å². The Kier molecular flexibility index (Phi) is 5.68. The van der Waals surface area contributed by atoms with Crippen LogP contribution in [0.2, 0.25) is 5.02 Å². The Labute approximate surface area is 180 Å². The number of aromatic nitrogens is 1. The first kappa shape index (κ1) is 19.9. The van der Waals surface area contributed by atoms with E-state index in [1.807, 2.05) is 73.7 Å². The molecule has 4 rings (SSSR count). The van der Waals surface area contributed by atoms with Gasteiger partial charge in [-0.25, -0.2) is 0 Å². The zero-order chi connectivity index (χ0) is 21.1. The number of likely N-dealkylation sites (N-methyl/N-ethyl adjacent to an activating group) is 1. The molecular formula is C25H21ClN2O2. The molecule has 0 saturated carbocycles. The third kappa shape index (κ3) is 3.74. The van der Waals surface area contributed by atoms with Crippen molar-refractivity contribution in [3.05, 3.63) is 95.0 Å². The highest BCUT2D eigenvalue weighted by atomic mass is 35.5. The summed E-state index contributed by atoms with van der Waals surface area (Å²) in [6.45, 7) is 2.69. The average Bonchev–Trinajstić information content (AvgIpc) is 3.19. The number of amides is 1. The summed E-state index contributed by atoms with van der Waals surface area (Å²) in [6, 6.07) is 24.5. The van der Waals surface area contributed by atoms with Crippen molar-refractivity contribution in [1.82, 2.24) is 9.88 Å². The summed E-state index contributed by atoms with van der Waals surface area (Å²) in [5, 5.41) is 1.16. The topological polar surface area (TPSA) is 53.2 Å². The Morgan fingerprint density at radius 1 is 0.900 bits per heavy atom. The molecule has 0 unspecified atom stereocenters. The Balaban J connectivity index is 1.78. The minimum absolute atomic E-state index is 0.357. The van der Waals surface area contributed by atoms with Crippen LogP contribution in [-0.4, -0.2) is 28.1 Å². The van der Waals surface area contributed by atoms with Gasteiger partial charge in [0.05, 0.1) is 21.8 Å². The van der Waals surface area contributed by atoms with Gasteiger partial charge in [0.1, 0.15) is 0 Å². The van der Waals surface area contributed by atoms with Gasteiger partial charge in [0.2, 0.25) is 0 Å². The summed E-state index contributed by atoms with van der Waals surface area (Å²) < 4.78 is 0. The van der Waals surface area contributed by atoms with Crippen molar-refractivity contribution in [1.29, 1.82) is 0 Å². The van der Waals surface area contributed by atoms with E-state index in [-0.39, 0.29) is 0 Å². The molecule has 150 valence electrons. The van der Waals surface area contributed by atoms with E-state index in [0.717, 1.165) is 11.1 Å². The zero-order valence-corrected chi connectivity index (χ0v) is 17.3. The molecule has 0 aliphatic heterocycles. The number of nitrogens with zero attached hydrogens (tertiary/aromatic N) is 1. The lowest BCUT2D eigenvalue weighted by atomic mass is 10.0. The number of para-hydroxylation sites is 1. The molecule has 0 spiro atoms. The zero-order valence-electron chi connectivity index (χ0n) is 16.6. The first-order chi connectivity index (χ1) is 14.6. The number of fused-ring (bicyclic) bond motifs is 1. The number of hydrogen-bond acceptors (Lipinski definition) is 2. The van der Waals surface area contributed by atoms with Crippen molar-refractivity contribution >= 4 is 34.2 Å². The molecular weight excluding hydrogens is 396 g/mol. The maximum atomic E-state index is 13.5. The molecule has 0 radical (unpaired) electrons. The molecule has 0 fully saturated rings. The Bertz CT molecular complexity index is 1200. The van der Waals surface area contributed by atoms with Gasteiger partial charge in [-0.15, -0.1) is 0 Å². The first-order valence-electron chi connectivity index (χ1n) is 9.83. The fraction of sp³-hybridized carbons (Fsp3) is 0.120. The lowest BCUT2D eigenvalue weighted by molar-refractivity contribution is -0.126. The Hall–Kier alpha value is -3.37. The average molecular weight is 417 g/mol. The second-order valence-electron chi connectivity index (χ2n) is 7.04. The number of rotatable bonds is 6. The minimum atomic E-state index is -0.542. The molecule has 3 aromatic carbocycles. The van der Waals surface area contributed by atoms with Crippen LogP contribution in [0.1, 0.15) is 22.8 Å². The predicted molar refractivity (Wildman–Crippen MR) is 121 cm³/mol. The van der Waals surface area contributed by atoms with Crippen LogP contribution in [0.4, 0.5) is 0 Å². The van der Waals surface area contributed by atoms with Gasteiger partial charge in [-0.05, 0) is 24.1 Å². The molecule has 4 aromatic rings. The van der Waals surface area contributed by atoms with Gasteiger partial charge in [0.15, 0.2) is 0 Å². The molecule has 1 amide bonds. The normalized spacial score (nSPS) is 10.9. The number of carbonyl (C=O) groups excluding carboxylic acids is 2. The van der Waals surface area contributed by atoms with Crippen LogP contribution in [0.25, 0.3) is 22.2 Å². The van der Waals surface area contributed by atoms with Crippen molar-refractivity contribution in [2.75, 3.05) is 6.54 Å². The Morgan fingerprint density at radius 2 is 1.57 bits per heavy atom. The maximum Gasteiger partial charge on any atom is 0.295 e. The first-order valence-corrected chi connectivity index (χ1v) is 10.2. The molecule has 0 aliphatic rings. The number of ketones is 1. The second kappa shape index (κ2) is 8.56. The summed E-state index contributed by atoms with van der Waals surface area (Å²) in [5.41, 5.74) is 3.42. The lowest BCUT2D eigenvalue weighted by Gasteiger charge is -2.20. The van der Waals surface area contributed by atoms with Crippen LogP contribution in [0, 0.1) is 0 Å². The molecule has 0 bridgehead atoms. The van der Waals surface area contributed by atoms with E-state index in [4.69, 9.17) is 11.6 Å². The van der Waals surface area contributed by atoms with Gasteiger partial charge in [-0.1, -0.05) is 84.4 Å². The number of benzene rings is 3. The van der Waals surface area contributed by atoms with E-state index >= 15 is 0 Å². The molecule has 4 nitrogen and oxygen atoms in total. The molecule has 30 heavy (non-hydrogen) atoms. The van der Waals surface area contributed by atoms with Crippen molar-refractivity contribution in [3.63, 3.8) is 0 Å². The van der Waals surface area contributed by atoms with Crippen molar-refractivity contribution in [3.8, 4) is 11.3 Å². The summed E-state index contributed by atoms with van der Waals surface area (Å²) >= 11 is 6.37. The summed E-state index contributed by atoms with van der Waals surface area (Å²) in [4.78, 5) is 31.5. The van der Waals surface area contributed by atoms with E-state index in [1.165, 1.54) is 0 Å². The van der Waals surface area contributed by atoms with E-state index < -0.39 is 11.7 Å². The van der Waals surface area contributed by atoms with E-state index in [2.05, 4.69) is 4.98 Å². The van der Waals surface area contributed by atoms with Gasteiger partial charge in [-0.2, -0.15) is 0 Å². The van der Waals surface area contributed by atoms with E-state index in [1.54, 1.807) is 17.0 Å². The highest BCUT2D eigenvalue weighted by molar-refractivity contribution is 6.47. The monoisotopic (exact) mass is 416 g/mol. The molecule has 0 aliphatic carbocycles. The fourth-order valence-corrected chi connectivity index (χ4v) is 3.84. The second-order valence-corrected chi connectivity index (χ2v) is 7.44. The van der Waals surface area contributed by atoms with Crippen molar-refractivity contribution in [2.24, 2.45) is 0 Å². The van der Waals surface area contributed by atoms with Crippen LogP contribution in [0.3, 0.4) is 0 Å². The number of halogens is 1. The molecule has 0 saturated heterocycles. The van der Waals surface area contributed by atoms with Crippen LogP contribution in [-0.2, 0) is 11.3 Å². The lowest BCUT2D eigenvalue weighted by Crippen LogP contribution is -2.36. The smallest absolute Gasteiger partial charge is 0.295 e. The SMILES string of the molecule is CCN(Cc1ccccc1)C(=O)C(=O)c1c(-c2ccccc2)[nH]c2c(Cl)cccc12. The highest BCUT2D eigenvalue weighted by Gasteiger charge is 2.29. The predicted octanol–water partition coefficient (Wildman–Crippen LogP) is 5.72. The number of aromatic amines is 1. The summed E-state index contributed by atoms with van der Waals surface area (Å²) in [5.74, 6) is -1.07. The minimum Gasteiger partial charge on any atom is -0.353 e. The van der Waals surface area contributed by atoms with Crippen LogP contribution < -0.4 is 0 Å². The molecule has 1 heterocycles. The summed E-state index contributed by atoms with van der Waals surface area (Å²) in [6.07, 6.45) is 0. The van der Waals surface area contributed by atoms with Crippen LogP contribution >= 0.6 is 11.6 Å². The molecule has 1 aromatic heterocycles. The van der Waals surface area contributed by atoms with Gasteiger partial charge < -0.3 is 9.88 Å². The number of H-pyrrole nitrogens is 1. The third-order valence-electron chi connectivity index (χ3n) is 5.15. The summed E-state index contributed by atoms with van der Waals surface area (Å²) in [7, 11) is 0. The molecule has 1 N–H and O–H groups in total. The fourth-order valence-electron chi connectivity index (χ4n) is 3.62. The quantitative estimate of drug-likeness (QED) is 0.323. The van der Waals surface area contributed by atoms with E-state index in [0.29, 0.717) is 40.3 Å². The van der Waals surface area contributed by atoms with Crippen LogP contribution in [0.5, 0.6) is 0 Å². The highest BCUT2D eigenvalue weighted by Crippen LogP contribution is 2.34. The van der Waals surface area contributed by atoms with Gasteiger partial charge in [0, 0.05) is 18.5 Å². The largest absolute Gasteiger partial charge is 0.353 e. The number of hydrogen-bond donors (Lipinski definition) is 1. The molecule has 5 heteroatoms. The third-order valence-corrected chi connectivity index (χ3v) is 5.47. The number of Topliss-reactive ketones (excluding diaryl/α,β-unsaturated/α-hetero) is 1. The maximum absolute atomic E-state index is 13.5. The number of carbonyl (C=O) groups is 2. The molecule has 0 atom stereocenters. The van der Waals surface area contributed by atoms with Gasteiger partial charge >= 0.3 is 0 Å². The van der Waals surface area contributed by atoms with Crippen molar-refractivity contribution in [2.45, 2.75) is 13.5 Å².